The van der Waals surface area contributed by atoms with Crippen LogP contribution in [0.5, 0.6) is 0 Å². The number of nitrogens with zero attached hydrogens (tertiary/aromatic N) is 3. The molecule has 0 aliphatic rings. The van der Waals surface area contributed by atoms with Gasteiger partial charge in [0.05, 0.1) is 6.85 Å². The number of hydrogen-bond acceptors (Lipinski definition) is 4. The number of rotatable bonds is 3. The van der Waals surface area contributed by atoms with Crippen LogP contribution in [0.15, 0.2) is 144 Å². The maximum absolute atomic E-state index is 8.65. The first-order chi connectivity index (χ1) is 23.3. The van der Waals surface area contributed by atoms with E-state index in [1.54, 1.807) is 0 Å². The van der Waals surface area contributed by atoms with Gasteiger partial charge in [0.15, 0.2) is 17.5 Å². The molecule has 43 heavy (non-hydrogen) atoms. The predicted octanol–water partition coefficient (Wildman–Crippen LogP) is 10.2. The summed E-state index contributed by atoms with van der Waals surface area (Å²) < 4.78 is 48.3. The molecule has 0 amide bonds. The normalized spacial score (nSPS) is 13.3. The van der Waals surface area contributed by atoms with Crippen molar-refractivity contribution in [2.45, 2.75) is 0 Å². The predicted molar refractivity (Wildman–Crippen MR) is 176 cm³/mol. The van der Waals surface area contributed by atoms with Crippen molar-refractivity contribution >= 4 is 54.3 Å². The number of benzene rings is 7. The van der Waals surface area contributed by atoms with Crippen molar-refractivity contribution in [3.63, 3.8) is 0 Å². The fourth-order valence-corrected chi connectivity index (χ4v) is 5.86. The second-order valence-electron chi connectivity index (χ2n) is 10.5. The molecular weight excluding hydrogens is 526 g/mol. The number of fused-ring (bicyclic) bond motifs is 7. The monoisotopic (exact) mass is 554 g/mol. The lowest BCUT2D eigenvalue weighted by Gasteiger charge is -2.10. The van der Waals surface area contributed by atoms with Crippen molar-refractivity contribution in [2.24, 2.45) is 0 Å². The minimum atomic E-state index is -0.479. The van der Waals surface area contributed by atoms with Crippen molar-refractivity contribution in [1.29, 1.82) is 0 Å². The molecule has 0 atom stereocenters. The molecule has 9 aromatic rings. The Morgan fingerprint density at radius 1 is 0.419 bits per heavy atom. The summed E-state index contributed by atoms with van der Waals surface area (Å²) in [4.78, 5) is 14.3. The SMILES string of the molecule is [2H]c1c([2H])c([2H])c(-c2nc(-c3ccc4c(ccc5ccccc54)c3)nc(-c3ccc4c(c3)oc3cc5ccccc5cc34)n2)c([2H])c1[2H]. The van der Waals surface area contributed by atoms with Crippen molar-refractivity contribution in [2.75, 3.05) is 0 Å². The molecule has 0 spiro atoms. The van der Waals surface area contributed by atoms with Crippen molar-refractivity contribution in [3.8, 4) is 34.2 Å². The van der Waals surface area contributed by atoms with Gasteiger partial charge in [0.2, 0.25) is 0 Å². The molecule has 4 nitrogen and oxygen atoms in total. The zero-order valence-electron chi connectivity index (χ0n) is 27.6. The third-order valence-corrected chi connectivity index (χ3v) is 7.96. The number of furan rings is 1. The molecule has 0 saturated carbocycles. The highest BCUT2D eigenvalue weighted by atomic mass is 16.3. The van der Waals surface area contributed by atoms with E-state index in [9.17, 15) is 0 Å². The quantitative estimate of drug-likeness (QED) is 0.204. The smallest absolute Gasteiger partial charge is 0.164 e. The molecule has 0 radical (unpaired) electrons. The Kier molecular flexibility index (Phi) is 4.18. The van der Waals surface area contributed by atoms with Crippen LogP contribution in [0.4, 0.5) is 0 Å². The molecule has 0 fully saturated rings. The second-order valence-corrected chi connectivity index (χ2v) is 10.5. The van der Waals surface area contributed by atoms with E-state index in [-0.39, 0.29) is 29.3 Å². The van der Waals surface area contributed by atoms with Crippen molar-refractivity contribution in [3.05, 3.63) is 139 Å². The standard InChI is InChI=1S/C39H23N3O/c1-2-9-25(10-3-1)37-40-38(29-16-18-32-28(20-29)15-14-24-8-6-7-13-31(24)32)42-39(41-37)30-17-19-33-34-21-26-11-4-5-12-27(26)22-36(34)43-35(33)23-30/h1-23H/i1D,2D,3D,9D,10D. The third kappa shape index (κ3) is 3.96. The summed E-state index contributed by atoms with van der Waals surface area (Å²) in [5.74, 6) is 0.585. The molecule has 0 aliphatic carbocycles. The first-order valence-electron chi connectivity index (χ1n) is 16.4. The first kappa shape index (κ1) is 19.3. The Hall–Kier alpha value is -5.87. The van der Waals surface area contributed by atoms with Crippen molar-refractivity contribution < 1.29 is 11.3 Å². The van der Waals surface area contributed by atoms with Crippen LogP contribution in [0.3, 0.4) is 0 Å². The fraction of sp³-hybridized carbons (Fsp3) is 0. The maximum atomic E-state index is 8.65. The van der Waals surface area contributed by atoms with Gasteiger partial charge in [-0.15, -0.1) is 0 Å². The van der Waals surface area contributed by atoms with E-state index in [1.165, 1.54) is 0 Å². The van der Waals surface area contributed by atoms with Gasteiger partial charge < -0.3 is 4.42 Å². The number of hydrogen-bond donors (Lipinski definition) is 0. The molecule has 9 rings (SSSR count). The minimum Gasteiger partial charge on any atom is -0.456 e. The summed E-state index contributed by atoms with van der Waals surface area (Å²) in [5.41, 5.74) is 2.67. The van der Waals surface area contributed by atoms with Gasteiger partial charge in [-0.2, -0.15) is 0 Å². The molecule has 7 aromatic carbocycles. The lowest BCUT2D eigenvalue weighted by molar-refractivity contribution is 0.669. The van der Waals surface area contributed by atoms with E-state index in [1.807, 2.05) is 66.7 Å². The van der Waals surface area contributed by atoms with Crippen LogP contribution < -0.4 is 0 Å². The lowest BCUT2D eigenvalue weighted by Crippen LogP contribution is -2.00. The van der Waals surface area contributed by atoms with Crippen LogP contribution in [0.2, 0.25) is 0 Å². The van der Waals surface area contributed by atoms with Crippen LogP contribution in [0.1, 0.15) is 6.85 Å². The van der Waals surface area contributed by atoms with E-state index < -0.39 is 18.1 Å². The molecule has 200 valence electrons. The lowest BCUT2D eigenvalue weighted by atomic mass is 10.00. The Labute approximate surface area is 253 Å². The fourth-order valence-electron chi connectivity index (χ4n) is 5.86. The molecule has 2 aromatic heterocycles. The summed E-state index contributed by atoms with van der Waals surface area (Å²) in [6.07, 6.45) is 0. The molecule has 0 bridgehead atoms. The summed E-state index contributed by atoms with van der Waals surface area (Å²) in [7, 11) is 0. The largest absolute Gasteiger partial charge is 0.456 e. The number of aromatic nitrogens is 3. The van der Waals surface area contributed by atoms with Gasteiger partial charge >= 0.3 is 0 Å². The minimum absolute atomic E-state index is 0.0124. The van der Waals surface area contributed by atoms with Gasteiger partial charge in [0.25, 0.3) is 0 Å². The molecule has 0 N–H and O–H groups in total. The zero-order chi connectivity index (χ0) is 32.7. The first-order valence-corrected chi connectivity index (χ1v) is 13.9. The van der Waals surface area contributed by atoms with Crippen LogP contribution in [0.25, 0.3) is 88.4 Å². The summed E-state index contributed by atoms with van der Waals surface area (Å²) >= 11 is 0. The Bertz CT molecular complexity index is 2780. The van der Waals surface area contributed by atoms with E-state index in [0.717, 1.165) is 48.7 Å². The van der Waals surface area contributed by atoms with Gasteiger partial charge in [0, 0.05) is 27.5 Å². The van der Waals surface area contributed by atoms with E-state index in [0.29, 0.717) is 22.5 Å². The summed E-state index contributed by atoms with van der Waals surface area (Å²) in [5, 5.41) is 8.48. The highest BCUT2D eigenvalue weighted by molar-refractivity contribution is 6.11. The van der Waals surface area contributed by atoms with Crippen LogP contribution in [-0.2, 0) is 0 Å². The maximum Gasteiger partial charge on any atom is 0.164 e. The zero-order valence-corrected chi connectivity index (χ0v) is 22.6. The van der Waals surface area contributed by atoms with Crippen molar-refractivity contribution in [1.82, 2.24) is 15.0 Å². The summed E-state index contributed by atoms with van der Waals surface area (Å²) in [6.45, 7) is 0. The van der Waals surface area contributed by atoms with Gasteiger partial charge in [-0.3, -0.25) is 0 Å². The molecule has 4 heteroatoms. The van der Waals surface area contributed by atoms with E-state index in [4.69, 9.17) is 26.2 Å². The Balaban J connectivity index is 1.27. The van der Waals surface area contributed by atoms with Gasteiger partial charge in [-0.25, -0.2) is 15.0 Å². The molecule has 0 unspecified atom stereocenters. The van der Waals surface area contributed by atoms with Gasteiger partial charge in [0.1, 0.15) is 11.2 Å². The second kappa shape index (κ2) is 9.33. The molecule has 0 aliphatic heterocycles. The highest BCUT2D eigenvalue weighted by Crippen LogP contribution is 2.35. The molecule has 0 saturated heterocycles. The Morgan fingerprint density at radius 3 is 1.79 bits per heavy atom. The Morgan fingerprint density at radius 2 is 1.00 bits per heavy atom. The topological polar surface area (TPSA) is 51.8 Å². The van der Waals surface area contributed by atoms with Gasteiger partial charge in [-0.05, 0) is 62.6 Å². The van der Waals surface area contributed by atoms with E-state index in [2.05, 4.69) is 42.5 Å². The molecule has 2 heterocycles. The average Bonchev–Trinajstić information content (AvgIpc) is 3.48. The molecular formula is C39H23N3O. The average molecular weight is 555 g/mol. The summed E-state index contributed by atoms with van der Waals surface area (Å²) in [6, 6.07) is 34.2. The van der Waals surface area contributed by atoms with E-state index >= 15 is 0 Å². The van der Waals surface area contributed by atoms with Crippen LogP contribution >= 0.6 is 0 Å². The van der Waals surface area contributed by atoms with Crippen LogP contribution in [-0.4, -0.2) is 15.0 Å². The van der Waals surface area contributed by atoms with Gasteiger partial charge in [-0.1, -0.05) is 109 Å². The van der Waals surface area contributed by atoms with Crippen LogP contribution in [0, 0.1) is 0 Å². The highest BCUT2D eigenvalue weighted by Gasteiger charge is 2.15. The third-order valence-electron chi connectivity index (χ3n) is 7.96.